The molecule has 0 heterocycles. The van der Waals surface area contributed by atoms with Gasteiger partial charge >= 0.3 is 0 Å². The fourth-order valence-corrected chi connectivity index (χ4v) is 18.1. The highest BCUT2D eigenvalue weighted by Crippen LogP contribution is 2.19. The molecule has 0 spiro atoms. The van der Waals surface area contributed by atoms with Gasteiger partial charge in [-0.25, -0.2) is 0 Å². The van der Waals surface area contributed by atoms with E-state index in [1.807, 2.05) is 0 Å². The zero-order valence-corrected chi connectivity index (χ0v) is 115. The lowest BCUT2D eigenvalue weighted by molar-refractivity contribution is 0.585. The molecule has 0 saturated carbocycles. The Morgan fingerprint density at radius 3 is 0.0733 bits per heavy atom. The average Bonchev–Trinajstić information content (AvgIpc) is 1.25. The Labute approximate surface area is 971 Å². The van der Waals surface area contributed by atoms with E-state index in [1.54, 1.807) is 0 Å². The van der Waals surface area contributed by atoms with E-state index >= 15 is 0 Å². The zero-order chi connectivity index (χ0) is 115. The molecule has 0 saturated heterocycles. The van der Waals surface area contributed by atoms with E-state index in [0.29, 0.717) is 0 Å². The second kappa shape index (κ2) is 227. The number of rotatable bonds is 105. The molecule has 0 aromatic carbocycles. The fraction of sp³-hybridized carbons (Fsp3) is 1.00. The van der Waals surface area contributed by atoms with Gasteiger partial charge in [0, 0.05) is 0 Å². The van der Waals surface area contributed by atoms with Crippen molar-refractivity contribution in [1.82, 2.24) is 0 Å². The number of hydrogen-bond acceptors (Lipinski definition) is 0. The maximum Gasteiger partial charge on any atom is -0.0533 e. The molecule has 0 rings (SSSR count). The molecule has 930 valence electrons. The van der Waals surface area contributed by atoms with Crippen molar-refractivity contribution in [2.75, 3.05) is 0 Å². The third-order valence-electron chi connectivity index (χ3n) is 29.4. The summed E-state index contributed by atoms with van der Waals surface area (Å²) < 4.78 is 0. The van der Waals surface area contributed by atoms with Crippen LogP contribution in [0.5, 0.6) is 0 Å². The molecule has 0 unspecified atom stereocenters. The Kier molecular flexibility index (Phi) is 276. The largest absolute Gasteiger partial charge is 0.0654 e. The van der Waals surface area contributed by atoms with Crippen molar-refractivity contribution < 1.29 is 0 Å². The lowest BCUT2D eigenvalue weighted by Crippen LogP contribution is -1.77. The Morgan fingerprint density at radius 2 is 0.0533 bits per heavy atom. The number of hydrogen-bond donors (Lipinski definition) is 0. The molecule has 0 aromatic heterocycles. The third-order valence-corrected chi connectivity index (χ3v) is 29.4. The molecule has 0 atom stereocenters. The molecule has 0 aliphatic rings. The van der Waals surface area contributed by atoms with Crippen LogP contribution in [-0.2, 0) is 0 Å². The van der Waals surface area contributed by atoms with E-state index in [-0.39, 0.29) is 0 Å². The quantitative estimate of drug-likeness (QED) is 0.0533. The first kappa shape index (κ1) is 183. The zero-order valence-electron chi connectivity index (χ0n) is 115. The summed E-state index contributed by atoms with van der Waals surface area (Å²) >= 11 is 0. The first-order valence-electron chi connectivity index (χ1n) is 73.7. The summed E-state index contributed by atoms with van der Waals surface area (Å²) in [4.78, 5) is 0. The maximum absolute atomic E-state index is 2.27. The smallest absolute Gasteiger partial charge is 0.0533 e. The van der Waals surface area contributed by atoms with Crippen molar-refractivity contribution in [3.8, 4) is 0 Å². The Balaban J connectivity index is -0.000000100. The Bertz CT molecular complexity index is 1070. The monoisotopic (exact) mass is 2130 g/mol. The highest BCUT2D eigenvalue weighted by atomic mass is 14.1. The molecule has 150 heavy (non-hydrogen) atoms. The van der Waals surface area contributed by atoms with Gasteiger partial charge in [-0.15, -0.1) is 0 Å². The van der Waals surface area contributed by atoms with Crippen LogP contribution >= 0.6 is 0 Å². The lowest BCUT2D eigenvalue weighted by Gasteiger charge is -1.97. The molecule has 0 bridgehead atoms. The molecule has 0 fully saturated rings. The Morgan fingerprint density at radius 1 is 0.0333 bits per heavy atom. The van der Waals surface area contributed by atoms with Gasteiger partial charge in [0.1, 0.15) is 0 Å². The summed E-state index contributed by atoms with van der Waals surface area (Å²) in [6.45, 7) is 68.1. The van der Waals surface area contributed by atoms with Crippen molar-refractivity contribution in [3.63, 3.8) is 0 Å². The minimum absolute atomic E-state index is 1.37. The van der Waals surface area contributed by atoms with Gasteiger partial charge in [-0.3, -0.25) is 0 Å². The van der Waals surface area contributed by atoms with Crippen molar-refractivity contribution in [1.29, 1.82) is 0 Å². The molecular formula is C150H330. The van der Waals surface area contributed by atoms with Crippen LogP contribution in [-0.4, -0.2) is 0 Å². The van der Waals surface area contributed by atoms with Crippen molar-refractivity contribution in [2.45, 2.75) is 978 Å². The van der Waals surface area contributed by atoms with Gasteiger partial charge in [0.05, 0.1) is 0 Å². The molecule has 0 aliphatic heterocycles. The molecular weight excluding hydrogens is 1800 g/mol. The van der Waals surface area contributed by atoms with Crippen molar-refractivity contribution in [2.24, 2.45) is 0 Å². The van der Waals surface area contributed by atoms with Crippen LogP contribution in [0.1, 0.15) is 978 Å². The summed E-state index contributed by atoms with van der Waals surface area (Å²) in [6.07, 6.45) is 172. The maximum atomic E-state index is 2.27. The highest BCUT2D eigenvalue weighted by Gasteiger charge is 2.00. The second-order valence-electron chi connectivity index (χ2n) is 46.8. The van der Waals surface area contributed by atoms with Crippen LogP contribution in [0.25, 0.3) is 0 Å². The molecule has 0 radical (unpaired) electrons. The van der Waals surface area contributed by atoms with Crippen molar-refractivity contribution >= 4 is 0 Å². The predicted octanol–water partition coefficient (Wildman–Crippen LogP) is 62.2. The minimum atomic E-state index is 1.37. The van der Waals surface area contributed by atoms with Crippen LogP contribution in [0, 0.1) is 0 Å². The predicted molar refractivity (Wildman–Crippen MR) is 724 cm³/mol. The lowest BCUT2D eigenvalue weighted by atomic mass is 10.1. The summed E-state index contributed by atoms with van der Waals surface area (Å²) in [5, 5.41) is 0. The van der Waals surface area contributed by atoms with Gasteiger partial charge in [0.25, 0.3) is 0 Å². The third kappa shape index (κ3) is 290. The summed E-state index contributed by atoms with van der Waals surface area (Å²) in [5.41, 5.74) is 0. The standard InChI is InChI=1S/15C10H22/c15*1-3-5-7-9-10-8-6-4-2/h15*3-10H2,1-2H3. The molecule has 0 amide bonds. The molecule has 0 heteroatoms. The van der Waals surface area contributed by atoms with Gasteiger partial charge < -0.3 is 0 Å². The summed E-state index contributed by atoms with van der Waals surface area (Å²) in [6, 6.07) is 0. The van der Waals surface area contributed by atoms with Gasteiger partial charge in [-0.05, 0) is 0 Å². The average molecular weight is 2130 g/mol. The summed E-state index contributed by atoms with van der Waals surface area (Å²) in [5.74, 6) is 0. The number of unbranched alkanes of at least 4 members (excludes halogenated alkanes) is 105. The van der Waals surface area contributed by atoms with E-state index < -0.39 is 0 Å². The van der Waals surface area contributed by atoms with Gasteiger partial charge in [0.15, 0.2) is 0 Å². The molecule has 0 N–H and O–H groups in total. The fourth-order valence-electron chi connectivity index (χ4n) is 18.1. The highest BCUT2D eigenvalue weighted by molar-refractivity contribution is 4.55. The van der Waals surface area contributed by atoms with Crippen LogP contribution in [0.2, 0.25) is 0 Å². The molecule has 0 aromatic rings. The van der Waals surface area contributed by atoms with E-state index in [9.17, 15) is 0 Å². The SMILES string of the molecule is CCCCCCCCCC.CCCCCCCCCC.CCCCCCCCCC.CCCCCCCCCC.CCCCCCCCCC.CCCCCCCCCC.CCCCCCCCCC.CCCCCCCCCC.CCCCCCCCCC.CCCCCCCCCC.CCCCCCCCCC.CCCCCCCCCC.CCCCCCCCCC.CCCCCCCCCC.CCCCCCCCCC. The minimum Gasteiger partial charge on any atom is -0.0654 e. The van der Waals surface area contributed by atoms with E-state index in [4.69, 9.17) is 0 Å². The second-order valence-corrected chi connectivity index (χ2v) is 46.8. The van der Waals surface area contributed by atoms with E-state index in [0.717, 1.165) is 0 Å². The van der Waals surface area contributed by atoms with Gasteiger partial charge in [-0.2, -0.15) is 0 Å². The molecule has 0 nitrogen and oxygen atoms in total. The van der Waals surface area contributed by atoms with Crippen LogP contribution in [0.15, 0.2) is 0 Å². The van der Waals surface area contributed by atoms with Gasteiger partial charge in [-0.1, -0.05) is 978 Å². The normalized spacial score (nSPS) is 10.2. The van der Waals surface area contributed by atoms with Gasteiger partial charge in [0.2, 0.25) is 0 Å². The van der Waals surface area contributed by atoms with Crippen LogP contribution in [0.3, 0.4) is 0 Å². The first-order valence-corrected chi connectivity index (χ1v) is 73.7. The first-order chi connectivity index (χ1) is 73.7. The van der Waals surface area contributed by atoms with Crippen LogP contribution in [0.4, 0.5) is 0 Å². The van der Waals surface area contributed by atoms with Crippen molar-refractivity contribution in [3.05, 3.63) is 0 Å². The topological polar surface area (TPSA) is 0 Å². The van der Waals surface area contributed by atoms with Crippen LogP contribution < -0.4 is 0 Å². The summed E-state index contributed by atoms with van der Waals surface area (Å²) in [7, 11) is 0. The molecule has 0 aliphatic carbocycles. The van der Waals surface area contributed by atoms with E-state index in [1.165, 1.54) is 770 Å². The Hall–Kier alpha value is 0. The van der Waals surface area contributed by atoms with E-state index in [2.05, 4.69) is 208 Å².